The van der Waals surface area contributed by atoms with Gasteiger partial charge in [-0.15, -0.1) is 0 Å². The molecule has 0 amide bonds. The van der Waals surface area contributed by atoms with E-state index in [4.69, 9.17) is 4.74 Å². The Morgan fingerprint density at radius 1 is 1.32 bits per heavy atom. The standard InChI is InChI=1S/C13H28N2O3S/c1-11(2)14-9-12(3)19(16,17)15(4)7-8-18-10-13-5-6-13/h11-14H,5-10H2,1-4H3. The summed E-state index contributed by atoms with van der Waals surface area (Å²) in [6.07, 6.45) is 2.51. The highest BCUT2D eigenvalue weighted by molar-refractivity contribution is 7.89. The minimum Gasteiger partial charge on any atom is -0.380 e. The molecule has 0 aromatic carbocycles. The van der Waals surface area contributed by atoms with Crippen LogP contribution >= 0.6 is 0 Å². The molecule has 0 radical (unpaired) electrons. The van der Waals surface area contributed by atoms with Crippen molar-refractivity contribution in [2.45, 2.75) is 44.9 Å². The van der Waals surface area contributed by atoms with Crippen LogP contribution in [-0.2, 0) is 14.8 Å². The molecule has 1 atom stereocenters. The fourth-order valence-electron chi connectivity index (χ4n) is 1.67. The van der Waals surface area contributed by atoms with Gasteiger partial charge >= 0.3 is 0 Å². The van der Waals surface area contributed by atoms with E-state index in [-0.39, 0.29) is 0 Å². The Kier molecular flexibility index (Phi) is 6.73. The quantitative estimate of drug-likeness (QED) is 0.612. The Balaban J connectivity index is 2.27. The maximum absolute atomic E-state index is 12.2. The number of rotatable bonds is 10. The zero-order chi connectivity index (χ0) is 14.5. The van der Waals surface area contributed by atoms with Gasteiger partial charge in [0.1, 0.15) is 0 Å². The fraction of sp³-hybridized carbons (Fsp3) is 1.00. The number of hydrogen-bond acceptors (Lipinski definition) is 4. The average Bonchev–Trinajstić information content (AvgIpc) is 3.14. The van der Waals surface area contributed by atoms with Crippen LogP contribution in [0.3, 0.4) is 0 Å². The van der Waals surface area contributed by atoms with Crippen molar-refractivity contribution in [2.24, 2.45) is 5.92 Å². The van der Waals surface area contributed by atoms with Crippen molar-refractivity contribution < 1.29 is 13.2 Å². The second-order valence-electron chi connectivity index (χ2n) is 5.76. The minimum atomic E-state index is -3.23. The van der Waals surface area contributed by atoms with Gasteiger partial charge in [0.05, 0.1) is 11.9 Å². The van der Waals surface area contributed by atoms with Crippen LogP contribution in [0.2, 0.25) is 0 Å². The smallest absolute Gasteiger partial charge is 0.217 e. The molecular formula is C13H28N2O3S. The summed E-state index contributed by atoms with van der Waals surface area (Å²) in [5, 5.41) is 2.75. The molecule has 0 aliphatic heterocycles. The minimum absolute atomic E-state index is 0.296. The summed E-state index contributed by atoms with van der Waals surface area (Å²) in [6.45, 7) is 7.93. The van der Waals surface area contributed by atoms with E-state index in [2.05, 4.69) is 5.32 Å². The van der Waals surface area contributed by atoms with E-state index in [0.717, 1.165) is 12.5 Å². The molecule has 1 saturated carbocycles. The van der Waals surface area contributed by atoms with E-state index in [0.29, 0.717) is 25.7 Å². The molecule has 0 aromatic rings. The summed E-state index contributed by atoms with van der Waals surface area (Å²) in [5.74, 6) is 0.719. The summed E-state index contributed by atoms with van der Waals surface area (Å²) in [6, 6.07) is 0.296. The molecule has 6 heteroatoms. The summed E-state index contributed by atoms with van der Waals surface area (Å²) in [7, 11) is -1.60. The van der Waals surface area contributed by atoms with Gasteiger partial charge in [-0.2, -0.15) is 0 Å². The summed E-state index contributed by atoms with van der Waals surface area (Å²) >= 11 is 0. The molecule has 0 bridgehead atoms. The SMILES string of the molecule is CC(C)NCC(C)S(=O)(=O)N(C)CCOCC1CC1. The zero-order valence-electron chi connectivity index (χ0n) is 12.6. The molecule has 114 valence electrons. The third kappa shape index (κ3) is 6.21. The third-order valence-electron chi connectivity index (χ3n) is 3.36. The fourth-order valence-corrected chi connectivity index (χ4v) is 2.92. The number of nitrogens with zero attached hydrogens (tertiary/aromatic N) is 1. The van der Waals surface area contributed by atoms with E-state index in [1.54, 1.807) is 14.0 Å². The predicted molar refractivity (Wildman–Crippen MR) is 77.7 cm³/mol. The zero-order valence-corrected chi connectivity index (χ0v) is 13.4. The molecule has 1 rings (SSSR count). The lowest BCUT2D eigenvalue weighted by atomic mass is 10.3. The summed E-state index contributed by atoms with van der Waals surface area (Å²) < 4.78 is 31.3. The van der Waals surface area contributed by atoms with Gasteiger partial charge in [0.15, 0.2) is 0 Å². The Hall–Kier alpha value is -0.170. The van der Waals surface area contributed by atoms with Crippen LogP contribution in [0, 0.1) is 5.92 Å². The van der Waals surface area contributed by atoms with Crippen molar-refractivity contribution in [1.82, 2.24) is 9.62 Å². The molecule has 1 N–H and O–H groups in total. The Bertz CT molecular complexity index is 353. The van der Waals surface area contributed by atoms with Crippen LogP contribution in [-0.4, -0.2) is 57.4 Å². The van der Waals surface area contributed by atoms with E-state index in [1.165, 1.54) is 17.1 Å². The van der Waals surface area contributed by atoms with Crippen molar-refractivity contribution in [3.8, 4) is 0 Å². The van der Waals surface area contributed by atoms with Gasteiger partial charge in [0.25, 0.3) is 0 Å². The van der Waals surface area contributed by atoms with Gasteiger partial charge in [-0.1, -0.05) is 13.8 Å². The van der Waals surface area contributed by atoms with Crippen LogP contribution in [0.25, 0.3) is 0 Å². The van der Waals surface area contributed by atoms with Crippen LogP contribution in [0.15, 0.2) is 0 Å². The molecular weight excluding hydrogens is 264 g/mol. The van der Waals surface area contributed by atoms with Gasteiger partial charge in [-0.3, -0.25) is 0 Å². The van der Waals surface area contributed by atoms with Crippen LogP contribution in [0.5, 0.6) is 0 Å². The molecule has 1 unspecified atom stereocenters. The van der Waals surface area contributed by atoms with Crippen LogP contribution in [0.4, 0.5) is 0 Å². The van der Waals surface area contributed by atoms with Crippen molar-refractivity contribution in [3.05, 3.63) is 0 Å². The lowest BCUT2D eigenvalue weighted by Gasteiger charge is -2.23. The van der Waals surface area contributed by atoms with Gasteiger partial charge in [-0.05, 0) is 25.7 Å². The van der Waals surface area contributed by atoms with Gasteiger partial charge in [0.2, 0.25) is 10.0 Å². The van der Waals surface area contributed by atoms with Crippen LogP contribution < -0.4 is 5.32 Å². The molecule has 1 aliphatic carbocycles. The first-order valence-corrected chi connectivity index (χ1v) is 8.60. The highest BCUT2D eigenvalue weighted by Gasteiger charge is 2.26. The topological polar surface area (TPSA) is 58.6 Å². The van der Waals surface area contributed by atoms with Gasteiger partial charge in [-0.25, -0.2) is 12.7 Å². The van der Waals surface area contributed by atoms with E-state index < -0.39 is 15.3 Å². The molecule has 1 aliphatic rings. The molecule has 0 spiro atoms. The second kappa shape index (κ2) is 7.57. The van der Waals surface area contributed by atoms with Crippen molar-refractivity contribution in [2.75, 3.05) is 33.4 Å². The van der Waals surface area contributed by atoms with Gasteiger partial charge < -0.3 is 10.1 Å². The first kappa shape index (κ1) is 16.9. The van der Waals surface area contributed by atoms with Gasteiger partial charge in [0, 0.05) is 32.8 Å². The van der Waals surface area contributed by atoms with Crippen molar-refractivity contribution in [1.29, 1.82) is 0 Å². The average molecular weight is 292 g/mol. The summed E-state index contributed by atoms with van der Waals surface area (Å²) in [5.41, 5.74) is 0. The largest absolute Gasteiger partial charge is 0.380 e. The van der Waals surface area contributed by atoms with Crippen LogP contribution in [0.1, 0.15) is 33.6 Å². The Morgan fingerprint density at radius 2 is 1.95 bits per heavy atom. The monoisotopic (exact) mass is 292 g/mol. The highest BCUT2D eigenvalue weighted by atomic mass is 32.2. The van der Waals surface area contributed by atoms with E-state index >= 15 is 0 Å². The maximum Gasteiger partial charge on any atom is 0.217 e. The number of hydrogen-bond donors (Lipinski definition) is 1. The molecule has 0 aromatic heterocycles. The first-order chi connectivity index (χ1) is 8.84. The van der Waals surface area contributed by atoms with E-state index in [1.807, 2.05) is 13.8 Å². The first-order valence-electron chi connectivity index (χ1n) is 7.10. The number of nitrogens with one attached hydrogen (secondary N) is 1. The van der Waals surface area contributed by atoms with Crippen molar-refractivity contribution in [3.63, 3.8) is 0 Å². The highest BCUT2D eigenvalue weighted by Crippen LogP contribution is 2.28. The maximum atomic E-state index is 12.2. The number of sulfonamides is 1. The molecule has 19 heavy (non-hydrogen) atoms. The van der Waals surface area contributed by atoms with E-state index in [9.17, 15) is 8.42 Å². The summed E-state index contributed by atoms with van der Waals surface area (Å²) in [4.78, 5) is 0. The molecule has 1 fully saturated rings. The third-order valence-corrected chi connectivity index (χ3v) is 5.59. The molecule has 5 nitrogen and oxygen atoms in total. The molecule has 0 heterocycles. The lowest BCUT2D eigenvalue weighted by molar-refractivity contribution is 0.117. The Morgan fingerprint density at radius 3 is 2.47 bits per heavy atom. The lowest BCUT2D eigenvalue weighted by Crippen LogP contribution is -2.42. The second-order valence-corrected chi connectivity index (χ2v) is 8.22. The normalized spacial score (nSPS) is 18.2. The van der Waals surface area contributed by atoms with Crippen molar-refractivity contribution >= 4 is 10.0 Å². The number of ether oxygens (including phenoxy) is 1. The Labute approximate surface area is 117 Å². The number of likely N-dealkylation sites (N-methyl/N-ethyl adjacent to an activating group) is 1. The molecule has 0 saturated heterocycles. The predicted octanol–water partition coefficient (Wildman–Crippen LogP) is 1.06.